The van der Waals surface area contributed by atoms with Gasteiger partial charge in [0.05, 0.1) is 12.1 Å². The van der Waals surface area contributed by atoms with E-state index >= 15 is 0 Å². The number of oxazole rings is 1. The van der Waals surface area contributed by atoms with Gasteiger partial charge >= 0.3 is 5.76 Å². The van der Waals surface area contributed by atoms with Gasteiger partial charge in [-0.05, 0) is 31.5 Å². The van der Waals surface area contributed by atoms with Crippen LogP contribution in [0.2, 0.25) is 0 Å². The van der Waals surface area contributed by atoms with Crippen molar-refractivity contribution < 1.29 is 9.21 Å². The SMILES string of the molecule is CC(C)n1c(=O)oc2ccc(CN=C=O)cc21. The number of rotatable bonds is 3. The Morgan fingerprint density at radius 1 is 1.47 bits per heavy atom. The van der Waals surface area contributed by atoms with E-state index in [9.17, 15) is 9.59 Å². The number of hydrogen-bond acceptors (Lipinski definition) is 4. The Morgan fingerprint density at radius 3 is 2.88 bits per heavy atom. The number of nitrogens with zero attached hydrogens (tertiary/aromatic N) is 2. The van der Waals surface area contributed by atoms with Gasteiger partial charge in [0.25, 0.3) is 0 Å². The van der Waals surface area contributed by atoms with Crippen LogP contribution in [-0.4, -0.2) is 10.6 Å². The second-order valence-corrected chi connectivity index (χ2v) is 4.04. The summed E-state index contributed by atoms with van der Waals surface area (Å²) in [5, 5.41) is 0. The molecule has 88 valence electrons. The molecule has 0 aliphatic heterocycles. The fourth-order valence-corrected chi connectivity index (χ4v) is 1.79. The summed E-state index contributed by atoms with van der Waals surface area (Å²) in [4.78, 5) is 25.2. The van der Waals surface area contributed by atoms with E-state index < -0.39 is 0 Å². The van der Waals surface area contributed by atoms with Crippen molar-refractivity contribution in [3.05, 3.63) is 34.3 Å². The van der Waals surface area contributed by atoms with Gasteiger partial charge in [0.2, 0.25) is 6.08 Å². The first-order chi connectivity index (χ1) is 8.13. The summed E-state index contributed by atoms with van der Waals surface area (Å²) < 4.78 is 6.69. The van der Waals surface area contributed by atoms with Crippen LogP contribution in [0.5, 0.6) is 0 Å². The largest absolute Gasteiger partial charge is 0.420 e. The summed E-state index contributed by atoms with van der Waals surface area (Å²) in [6.45, 7) is 4.08. The summed E-state index contributed by atoms with van der Waals surface area (Å²) >= 11 is 0. The molecule has 0 aliphatic carbocycles. The van der Waals surface area contributed by atoms with Crippen LogP contribution in [0.3, 0.4) is 0 Å². The van der Waals surface area contributed by atoms with Gasteiger partial charge in [-0.25, -0.2) is 14.6 Å². The molecule has 1 aromatic carbocycles. The normalized spacial score (nSPS) is 10.8. The predicted octanol–water partition coefficient (Wildman–Crippen LogP) is 2.01. The molecule has 0 bridgehead atoms. The van der Waals surface area contributed by atoms with E-state index in [4.69, 9.17) is 4.42 Å². The Labute approximate surface area is 97.4 Å². The molecule has 1 aromatic heterocycles. The molecule has 0 unspecified atom stereocenters. The Morgan fingerprint density at radius 2 is 2.24 bits per heavy atom. The van der Waals surface area contributed by atoms with Crippen molar-refractivity contribution in [2.24, 2.45) is 4.99 Å². The molecule has 0 N–H and O–H groups in total. The second kappa shape index (κ2) is 4.39. The number of benzene rings is 1. The molecule has 0 aliphatic rings. The molecule has 5 nitrogen and oxygen atoms in total. The molecular formula is C12H12N2O3. The average Bonchev–Trinajstić information content (AvgIpc) is 2.61. The van der Waals surface area contributed by atoms with Crippen LogP contribution in [-0.2, 0) is 11.3 Å². The minimum Gasteiger partial charge on any atom is -0.408 e. The lowest BCUT2D eigenvalue weighted by Gasteiger charge is -2.05. The van der Waals surface area contributed by atoms with E-state index in [1.165, 1.54) is 6.08 Å². The predicted molar refractivity (Wildman–Crippen MR) is 62.7 cm³/mol. The highest BCUT2D eigenvalue weighted by Gasteiger charge is 2.11. The maximum absolute atomic E-state index is 11.6. The number of aliphatic imine (C=N–C) groups is 1. The van der Waals surface area contributed by atoms with Gasteiger partial charge in [-0.2, -0.15) is 0 Å². The van der Waals surface area contributed by atoms with Gasteiger partial charge in [-0.15, -0.1) is 0 Å². The van der Waals surface area contributed by atoms with Gasteiger partial charge in [0.1, 0.15) is 0 Å². The smallest absolute Gasteiger partial charge is 0.408 e. The molecule has 0 fully saturated rings. The standard InChI is InChI=1S/C12H12N2O3/c1-8(2)14-10-5-9(6-13-7-15)3-4-11(10)17-12(14)16/h3-5,8H,6H2,1-2H3. The Bertz CT molecular complexity index is 645. The Kier molecular flexibility index (Phi) is 2.93. The van der Waals surface area contributed by atoms with Crippen LogP contribution in [0.15, 0.2) is 32.4 Å². The van der Waals surface area contributed by atoms with E-state index in [1.807, 2.05) is 13.8 Å². The quantitative estimate of drug-likeness (QED) is 0.600. The van der Waals surface area contributed by atoms with E-state index in [0.29, 0.717) is 5.58 Å². The van der Waals surface area contributed by atoms with Gasteiger partial charge in [0.15, 0.2) is 5.58 Å². The molecule has 0 saturated heterocycles. The highest BCUT2D eigenvalue weighted by molar-refractivity contribution is 5.74. The van der Waals surface area contributed by atoms with Crippen LogP contribution in [0, 0.1) is 0 Å². The highest BCUT2D eigenvalue weighted by Crippen LogP contribution is 2.18. The van der Waals surface area contributed by atoms with Crippen LogP contribution in [0.1, 0.15) is 25.5 Å². The average molecular weight is 232 g/mol. The Hall–Kier alpha value is -2.13. The van der Waals surface area contributed by atoms with Crippen molar-refractivity contribution in [1.82, 2.24) is 4.57 Å². The van der Waals surface area contributed by atoms with Crippen molar-refractivity contribution in [1.29, 1.82) is 0 Å². The van der Waals surface area contributed by atoms with E-state index in [1.54, 1.807) is 22.8 Å². The lowest BCUT2D eigenvalue weighted by molar-refractivity contribution is 0.478. The molecule has 0 radical (unpaired) electrons. The summed E-state index contributed by atoms with van der Waals surface area (Å²) in [6.07, 6.45) is 1.49. The highest BCUT2D eigenvalue weighted by atomic mass is 16.4. The number of hydrogen-bond donors (Lipinski definition) is 0. The molecule has 17 heavy (non-hydrogen) atoms. The first-order valence-electron chi connectivity index (χ1n) is 5.31. The molecule has 1 heterocycles. The molecule has 0 atom stereocenters. The third-order valence-electron chi connectivity index (χ3n) is 2.52. The lowest BCUT2D eigenvalue weighted by Crippen LogP contribution is -2.15. The maximum Gasteiger partial charge on any atom is 0.420 e. The van der Waals surface area contributed by atoms with Crippen molar-refractivity contribution in [2.75, 3.05) is 0 Å². The first kappa shape index (κ1) is 11.4. The maximum atomic E-state index is 11.6. The summed E-state index contributed by atoms with van der Waals surface area (Å²) in [5.74, 6) is -0.369. The van der Waals surface area contributed by atoms with Crippen molar-refractivity contribution in [3.63, 3.8) is 0 Å². The molecule has 5 heteroatoms. The summed E-state index contributed by atoms with van der Waals surface area (Å²) in [6, 6.07) is 5.32. The molecule has 2 rings (SSSR count). The zero-order chi connectivity index (χ0) is 12.4. The lowest BCUT2D eigenvalue weighted by atomic mass is 10.2. The Balaban J connectivity index is 2.62. The van der Waals surface area contributed by atoms with E-state index in [2.05, 4.69) is 4.99 Å². The van der Waals surface area contributed by atoms with Crippen LogP contribution in [0.25, 0.3) is 11.1 Å². The second-order valence-electron chi connectivity index (χ2n) is 4.04. The number of aromatic nitrogens is 1. The molecule has 2 aromatic rings. The number of isocyanates is 1. The minimum absolute atomic E-state index is 0.0218. The zero-order valence-electron chi connectivity index (χ0n) is 9.64. The zero-order valence-corrected chi connectivity index (χ0v) is 9.64. The van der Waals surface area contributed by atoms with Gasteiger partial charge in [0, 0.05) is 6.04 Å². The fourth-order valence-electron chi connectivity index (χ4n) is 1.79. The number of carbonyl (C=O) groups excluding carboxylic acids is 1. The monoisotopic (exact) mass is 232 g/mol. The number of fused-ring (bicyclic) bond motifs is 1. The van der Waals surface area contributed by atoms with Crippen LogP contribution in [0.4, 0.5) is 0 Å². The fraction of sp³-hybridized carbons (Fsp3) is 0.333. The van der Waals surface area contributed by atoms with Gasteiger partial charge < -0.3 is 4.42 Å². The topological polar surface area (TPSA) is 64.6 Å². The summed E-state index contributed by atoms with van der Waals surface area (Å²) in [7, 11) is 0. The summed E-state index contributed by atoms with van der Waals surface area (Å²) in [5.41, 5.74) is 2.11. The van der Waals surface area contributed by atoms with Crippen LogP contribution < -0.4 is 5.76 Å². The molecular weight excluding hydrogens is 220 g/mol. The first-order valence-corrected chi connectivity index (χ1v) is 5.31. The third kappa shape index (κ3) is 2.05. The molecule has 0 saturated carbocycles. The van der Waals surface area contributed by atoms with Gasteiger partial charge in [-0.1, -0.05) is 6.07 Å². The third-order valence-corrected chi connectivity index (χ3v) is 2.52. The molecule has 0 spiro atoms. The molecule has 0 amide bonds. The van der Waals surface area contributed by atoms with E-state index in [-0.39, 0.29) is 18.3 Å². The van der Waals surface area contributed by atoms with Crippen molar-refractivity contribution in [3.8, 4) is 0 Å². The van der Waals surface area contributed by atoms with Crippen molar-refractivity contribution >= 4 is 17.2 Å². The van der Waals surface area contributed by atoms with Crippen LogP contribution >= 0.6 is 0 Å². The minimum atomic E-state index is -0.369. The van der Waals surface area contributed by atoms with Gasteiger partial charge in [-0.3, -0.25) is 4.57 Å². The van der Waals surface area contributed by atoms with Crippen molar-refractivity contribution in [2.45, 2.75) is 26.4 Å². The van der Waals surface area contributed by atoms with E-state index in [0.717, 1.165) is 11.1 Å².